The molecule has 166 valence electrons. The van der Waals surface area contributed by atoms with Crippen LogP contribution in [0.1, 0.15) is 11.1 Å². The predicted octanol–water partition coefficient (Wildman–Crippen LogP) is 3.73. The Labute approximate surface area is 192 Å². The van der Waals surface area contributed by atoms with Crippen molar-refractivity contribution in [3.8, 4) is 11.4 Å². The van der Waals surface area contributed by atoms with Gasteiger partial charge in [-0.3, -0.25) is 4.79 Å². The highest BCUT2D eigenvalue weighted by Gasteiger charge is 2.41. The molecule has 1 atom stereocenters. The lowest BCUT2D eigenvalue weighted by atomic mass is 10.1. The van der Waals surface area contributed by atoms with Crippen molar-refractivity contribution in [2.24, 2.45) is 0 Å². The zero-order valence-electron chi connectivity index (χ0n) is 18.5. The van der Waals surface area contributed by atoms with E-state index in [-0.39, 0.29) is 11.9 Å². The second-order valence-electron chi connectivity index (χ2n) is 8.66. The molecule has 0 saturated carbocycles. The second kappa shape index (κ2) is 8.01. The van der Waals surface area contributed by atoms with Gasteiger partial charge in [0.15, 0.2) is 11.6 Å². The Morgan fingerprint density at radius 2 is 2.09 bits per heavy atom. The fourth-order valence-corrected chi connectivity index (χ4v) is 4.88. The van der Waals surface area contributed by atoms with Crippen molar-refractivity contribution in [3.63, 3.8) is 0 Å². The third kappa shape index (κ3) is 3.45. The molecule has 0 spiro atoms. The Bertz CT molecular complexity index is 1350. The number of morpholine rings is 1. The molecule has 0 bridgehead atoms. The molecule has 1 amide bonds. The number of anilines is 2. The van der Waals surface area contributed by atoms with Crippen molar-refractivity contribution in [2.75, 3.05) is 36.1 Å². The van der Waals surface area contributed by atoms with Crippen molar-refractivity contribution in [3.05, 3.63) is 72.1 Å². The summed E-state index contributed by atoms with van der Waals surface area (Å²) in [5.41, 5.74) is 5.23. The summed E-state index contributed by atoms with van der Waals surface area (Å²) in [6.45, 7) is 4.27. The number of nitrogens with zero attached hydrogens (tertiary/aromatic N) is 4. The molecule has 4 heterocycles. The highest BCUT2D eigenvalue weighted by molar-refractivity contribution is 6.05. The number of benzene rings is 2. The van der Waals surface area contributed by atoms with Crippen LogP contribution in [0.4, 0.5) is 11.5 Å². The molecule has 1 saturated heterocycles. The third-order valence-corrected chi connectivity index (χ3v) is 6.53. The van der Waals surface area contributed by atoms with Gasteiger partial charge in [0.25, 0.3) is 5.91 Å². The monoisotopic (exact) mass is 439 g/mol. The predicted molar refractivity (Wildman–Crippen MR) is 129 cm³/mol. The van der Waals surface area contributed by atoms with E-state index in [2.05, 4.69) is 41.1 Å². The van der Waals surface area contributed by atoms with Crippen molar-refractivity contribution >= 4 is 28.3 Å². The Balaban J connectivity index is 1.41. The molecule has 0 unspecified atom stereocenters. The van der Waals surface area contributed by atoms with E-state index in [1.807, 2.05) is 41.6 Å². The maximum atomic E-state index is 13.5. The van der Waals surface area contributed by atoms with Crippen molar-refractivity contribution < 1.29 is 9.53 Å². The van der Waals surface area contributed by atoms with Gasteiger partial charge in [-0.2, -0.15) is 0 Å². The molecule has 6 rings (SSSR count). The van der Waals surface area contributed by atoms with Crippen LogP contribution in [-0.2, 0) is 16.0 Å². The van der Waals surface area contributed by atoms with Gasteiger partial charge < -0.3 is 19.5 Å². The average molecular weight is 440 g/mol. The van der Waals surface area contributed by atoms with Gasteiger partial charge in [0, 0.05) is 35.8 Å². The van der Waals surface area contributed by atoms with Gasteiger partial charge in [-0.25, -0.2) is 9.97 Å². The number of rotatable bonds is 4. The lowest BCUT2D eigenvalue weighted by molar-refractivity contribution is -0.122. The molecule has 2 aliphatic rings. The first-order valence-corrected chi connectivity index (χ1v) is 11.3. The quantitative estimate of drug-likeness (QED) is 0.525. The highest BCUT2D eigenvalue weighted by atomic mass is 16.5. The number of hydrogen-bond donors (Lipinski definition) is 1. The number of nitrogens with one attached hydrogen (secondary N) is 1. The lowest BCUT2D eigenvalue weighted by Crippen LogP contribution is -2.59. The Kier molecular flexibility index (Phi) is 4.84. The molecule has 1 fully saturated rings. The normalized spacial score (nSPS) is 17.8. The zero-order valence-corrected chi connectivity index (χ0v) is 18.5. The number of aromatic amines is 1. The summed E-state index contributed by atoms with van der Waals surface area (Å²) in [6, 6.07) is 16.2. The molecule has 7 heteroatoms. The van der Waals surface area contributed by atoms with Gasteiger partial charge >= 0.3 is 0 Å². The van der Waals surface area contributed by atoms with Crippen LogP contribution in [0.3, 0.4) is 0 Å². The minimum Gasteiger partial charge on any atom is -0.377 e. The van der Waals surface area contributed by atoms with Crippen LogP contribution >= 0.6 is 0 Å². The molecule has 2 aromatic carbocycles. The molecule has 1 N–H and O–H groups in total. The van der Waals surface area contributed by atoms with Crippen LogP contribution in [-0.4, -0.2) is 53.2 Å². The number of fused-ring (bicyclic) bond motifs is 4. The number of hydrogen-bond acceptors (Lipinski definition) is 5. The standard InChI is InChI=1S/C26H25N5O2/c1-17-4-2-5-18(14-17)9-11-31-22-15-28-24(20-6-3-7-21-19(20)8-10-27-21)29-25(22)30-12-13-33-16-23(30)26(31)32/h2-8,10,14-15,23,27H,9,11-13,16H2,1H3/t23-/m1/s1. The minimum atomic E-state index is -0.352. The Hall–Kier alpha value is -3.71. The SMILES string of the molecule is Cc1cccc(CCN2C(=O)[C@H]3COCCN3c3nc(-c4cccc5[nH]ccc45)ncc32)c1. The summed E-state index contributed by atoms with van der Waals surface area (Å²) in [6.07, 6.45) is 4.50. The maximum absolute atomic E-state index is 13.5. The van der Waals surface area contributed by atoms with Crippen LogP contribution in [0.25, 0.3) is 22.3 Å². The molecule has 2 aliphatic heterocycles. The van der Waals surface area contributed by atoms with Crippen LogP contribution < -0.4 is 9.80 Å². The van der Waals surface area contributed by atoms with Gasteiger partial charge in [-0.05, 0) is 31.0 Å². The number of H-pyrrole nitrogens is 1. The van der Waals surface area contributed by atoms with Crippen molar-refractivity contribution in [1.82, 2.24) is 15.0 Å². The van der Waals surface area contributed by atoms with Gasteiger partial charge in [0.05, 0.1) is 19.4 Å². The zero-order chi connectivity index (χ0) is 22.4. The van der Waals surface area contributed by atoms with Crippen molar-refractivity contribution in [2.45, 2.75) is 19.4 Å². The van der Waals surface area contributed by atoms with E-state index < -0.39 is 0 Å². The van der Waals surface area contributed by atoms with Gasteiger partial charge in [-0.1, -0.05) is 42.0 Å². The molecular weight excluding hydrogens is 414 g/mol. The summed E-state index contributed by atoms with van der Waals surface area (Å²) < 4.78 is 5.68. The van der Waals surface area contributed by atoms with Crippen molar-refractivity contribution in [1.29, 1.82) is 0 Å². The summed E-state index contributed by atoms with van der Waals surface area (Å²) in [4.78, 5) is 30.3. The molecule has 2 aromatic heterocycles. The first-order chi connectivity index (χ1) is 16.2. The molecule has 7 nitrogen and oxygen atoms in total. The van der Waals surface area contributed by atoms with Crippen LogP contribution in [0.15, 0.2) is 60.9 Å². The Morgan fingerprint density at radius 3 is 3.00 bits per heavy atom. The summed E-state index contributed by atoms with van der Waals surface area (Å²) in [5.74, 6) is 1.53. The minimum absolute atomic E-state index is 0.0546. The summed E-state index contributed by atoms with van der Waals surface area (Å²) >= 11 is 0. The highest BCUT2D eigenvalue weighted by Crippen LogP contribution is 2.37. The fraction of sp³-hybridized carbons (Fsp3) is 0.269. The molecule has 33 heavy (non-hydrogen) atoms. The number of carbonyl (C=O) groups is 1. The van der Waals surface area contributed by atoms with Crippen LogP contribution in [0, 0.1) is 6.92 Å². The van der Waals surface area contributed by atoms with E-state index in [0.717, 1.165) is 34.4 Å². The molecule has 0 aliphatic carbocycles. The summed E-state index contributed by atoms with van der Waals surface area (Å²) in [5, 5.41) is 1.08. The number of aromatic nitrogens is 3. The molecular formula is C26H25N5O2. The number of ether oxygens (including phenoxy) is 1. The summed E-state index contributed by atoms with van der Waals surface area (Å²) in [7, 11) is 0. The number of carbonyl (C=O) groups excluding carboxylic acids is 1. The number of aryl methyl sites for hydroxylation is 1. The smallest absolute Gasteiger partial charge is 0.252 e. The Morgan fingerprint density at radius 1 is 1.18 bits per heavy atom. The van der Waals surface area contributed by atoms with E-state index in [9.17, 15) is 4.79 Å². The topological polar surface area (TPSA) is 74.3 Å². The first kappa shape index (κ1) is 19.9. The molecule has 4 aromatic rings. The maximum Gasteiger partial charge on any atom is 0.252 e. The van der Waals surface area contributed by atoms with E-state index in [4.69, 9.17) is 14.7 Å². The van der Waals surface area contributed by atoms with Crippen LogP contribution in [0.5, 0.6) is 0 Å². The lowest BCUT2D eigenvalue weighted by Gasteiger charge is -2.44. The third-order valence-electron chi connectivity index (χ3n) is 6.53. The van der Waals surface area contributed by atoms with E-state index in [1.165, 1.54) is 11.1 Å². The van der Waals surface area contributed by atoms with Gasteiger partial charge in [0.2, 0.25) is 0 Å². The van der Waals surface area contributed by atoms with E-state index >= 15 is 0 Å². The van der Waals surface area contributed by atoms with Gasteiger partial charge in [-0.15, -0.1) is 0 Å². The fourth-order valence-electron chi connectivity index (χ4n) is 4.88. The second-order valence-corrected chi connectivity index (χ2v) is 8.66. The van der Waals surface area contributed by atoms with Gasteiger partial charge in [0.1, 0.15) is 11.7 Å². The van der Waals surface area contributed by atoms with E-state index in [1.54, 1.807) is 0 Å². The number of amides is 1. The molecule has 0 radical (unpaired) electrons. The van der Waals surface area contributed by atoms with Crippen LogP contribution in [0.2, 0.25) is 0 Å². The average Bonchev–Trinajstić information content (AvgIpc) is 3.33. The first-order valence-electron chi connectivity index (χ1n) is 11.3. The largest absolute Gasteiger partial charge is 0.377 e. The van der Waals surface area contributed by atoms with E-state index in [0.29, 0.717) is 32.1 Å².